The van der Waals surface area contributed by atoms with Gasteiger partial charge in [0.2, 0.25) is 0 Å². The van der Waals surface area contributed by atoms with E-state index < -0.39 is 0 Å². The van der Waals surface area contributed by atoms with Crippen LogP contribution in [0.15, 0.2) is 91.3 Å². The molecule has 0 saturated heterocycles. The summed E-state index contributed by atoms with van der Waals surface area (Å²) in [5, 5.41) is 0. The van der Waals surface area contributed by atoms with Gasteiger partial charge in [-0.15, -0.1) is 0 Å². The summed E-state index contributed by atoms with van der Waals surface area (Å²) in [4.78, 5) is 19.1. The Morgan fingerprint density at radius 3 is 2.24 bits per heavy atom. The van der Waals surface area contributed by atoms with Gasteiger partial charge in [-0.3, -0.25) is 14.7 Å². The van der Waals surface area contributed by atoms with Crippen molar-refractivity contribution in [2.45, 2.75) is 13.5 Å². The molecule has 2 aromatic heterocycles. The van der Waals surface area contributed by atoms with Crippen LogP contribution >= 0.6 is 0 Å². The van der Waals surface area contributed by atoms with Crippen molar-refractivity contribution in [2.75, 3.05) is 11.9 Å². The molecule has 144 valence electrons. The maximum atomic E-state index is 13.2. The molecule has 4 heteroatoms. The Kier molecular flexibility index (Phi) is 5.25. The Labute approximate surface area is 171 Å². The first-order valence-corrected chi connectivity index (χ1v) is 9.63. The van der Waals surface area contributed by atoms with E-state index in [0.29, 0.717) is 12.2 Å². The lowest BCUT2D eigenvalue weighted by Gasteiger charge is -2.22. The molecule has 0 N–H and O–H groups in total. The van der Waals surface area contributed by atoms with Crippen LogP contribution in [0.3, 0.4) is 0 Å². The number of aromatic nitrogens is 2. The Morgan fingerprint density at radius 1 is 0.931 bits per heavy atom. The number of carbonyl (C=O) groups excluding carboxylic acids is 1. The molecule has 0 aliphatic rings. The Bertz CT molecular complexity index is 1100. The van der Waals surface area contributed by atoms with Gasteiger partial charge in [0.15, 0.2) is 0 Å². The molecule has 4 rings (SSSR count). The van der Waals surface area contributed by atoms with Gasteiger partial charge in [0.05, 0.1) is 0 Å². The number of amides is 1. The second kappa shape index (κ2) is 8.15. The van der Waals surface area contributed by atoms with E-state index in [2.05, 4.69) is 46.9 Å². The summed E-state index contributed by atoms with van der Waals surface area (Å²) in [6, 6.07) is 25.9. The van der Waals surface area contributed by atoms with E-state index in [1.54, 1.807) is 17.2 Å². The molecular weight excluding hydrogens is 358 g/mol. The van der Waals surface area contributed by atoms with Gasteiger partial charge in [-0.05, 0) is 35.7 Å². The van der Waals surface area contributed by atoms with E-state index in [4.69, 9.17) is 0 Å². The predicted octanol–water partition coefficient (Wildman–Crippen LogP) is 5.18. The normalized spacial score (nSPS) is 10.7. The third-order valence-electron chi connectivity index (χ3n) is 5.00. The number of nitrogens with zero attached hydrogens (tertiary/aromatic N) is 3. The quantitative estimate of drug-likeness (QED) is 0.477. The number of aryl methyl sites for hydroxylation is 1. The van der Waals surface area contributed by atoms with Crippen LogP contribution in [-0.2, 0) is 6.54 Å². The summed E-state index contributed by atoms with van der Waals surface area (Å²) >= 11 is 0. The van der Waals surface area contributed by atoms with Crippen molar-refractivity contribution in [3.05, 3.63) is 108 Å². The number of anilines is 1. The van der Waals surface area contributed by atoms with Crippen LogP contribution in [0.5, 0.6) is 0 Å². The first-order chi connectivity index (χ1) is 14.1. The molecule has 0 aliphatic heterocycles. The van der Waals surface area contributed by atoms with E-state index in [1.165, 1.54) is 5.56 Å². The number of carbonyl (C=O) groups is 1. The molecule has 0 bridgehead atoms. The lowest BCUT2D eigenvalue weighted by Crippen LogP contribution is -2.29. The van der Waals surface area contributed by atoms with Crippen molar-refractivity contribution in [1.82, 2.24) is 9.55 Å². The number of pyridine rings is 1. The Balaban J connectivity index is 1.83. The first kappa shape index (κ1) is 18.7. The fourth-order valence-corrected chi connectivity index (χ4v) is 3.66. The molecule has 0 atom stereocenters. The average Bonchev–Trinajstić information content (AvgIpc) is 3.10. The van der Waals surface area contributed by atoms with Crippen molar-refractivity contribution < 1.29 is 4.79 Å². The highest BCUT2D eigenvalue weighted by Crippen LogP contribution is 2.36. The third-order valence-corrected chi connectivity index (χ3v) is 5.00. The van der Waals surface area contributed by atoms with E-state index in [0.717, 1.165) is 22.5 Å². The average molecular weight is 381 g/mol. The second-order valence-electron chi connectivity index (χ2n) is 7.07. The van der Waals surface area contributed by atoms with Gasteiger partial charge in [0.25, 0.3) is 5.91 Å². The molecule has 2 aromatic carbocycles. The fraction of sp³-hybridized carbons (Fsp3) is 0.120. The minimum atomic E-state index is -0.129. The standard InChI is InChI=1S/C25H23N3O/c1-19-17-28(18-20-11-5-3-6-12-20)24(23(19)21-13-7-4-8-14-21)27(2)25(29)22-15-9-10-16-26-22/h3-17H,18H2,1-2H3. The molecule has 4 nitrogen and oxygen atoms in total. The lowest BCUT2D eigenvalue weighted by atomic mass is 10.0. The van der Waals surface area contributed by atoms with Gasteiger partial charge in [0.1, 0.15) is 11.5 Å². The largest absolute Gasteiger partial charge is 0.329 e. The highest BCUT2D eigenvalue weighted by Gasteiger charge is 2.24. The van der Waals surface area contributed by atoms with Crippen LogP contribution < -0.4 is 4.90 Å². The van der Waals surface area contributed by atoms with E-state index in [9.17, 15) is 4.79 Å². The molecule has 29 heavy (non-hydrogen) atoms. The zero-order chi connectivity index (χ0) is 20.2. The summed E-state index contributed by atoms with van der Waals surface area (Å²) in [5.41, 5.74) is 4.89. The highest BCUT2D eigenvalue weighted by molar-refractivity contribution is 6.06. The maximum absolute atomic E-state index is 13.2. The van der Waals surface area contributed by atoms with Crippen LogP contribution in [0.25, 0.3) is 11.1 Å². The predicted molar refractivity (Wildman–Crippen MR) is 117 cm³/mol. The molecule has 2 heterocycles. The summed E-state index contributed by atoms with van der Waals surface area (Å²) < 4.78 is 2.15. The van der Waals surface area contributed by atoms with Crippen LogP contribution in [-0.4, -0.2) is 22.5 Å². The zero-order valence-electron chi connectivity index (χ0n) is 16.6. The summed E-state index contributed by atoms with van der Waals surface area (Å²) in [6.45, 7) is 2.77. The van der Waals surface area contributed by atoms with Crippen molar-refractivity contribution in [3.8, 4) is 11.1 Å². The lowest BCUT2D eigenvalue weighted by molar-refractivity contribution is 0.0987. The van der Waals surface area contributed by atoms with E-state index >= 15 is 0 Å². The number of benzene rings is 2. The van der Waals surface area contributed by atoms with Crippen LogP contribution in [0.2, 0.25) is 0 Å². The summed E-state index contributed by atoms with van der Waals surface area (Å²) in [7, 11) is 1.82. The Morgan fingerprint density at radius 2 is 1.59 bits per heavy atom. The second-order valence-corrected chi connectivity index (χ2v) is 7.07. The fourth-order valence-electron chi connectivity index (χ4n) is 3.66. The summed E-state index contributed by atoms with van der Waals surface area (Å²) in [5.74, 6) is 0.739. The molecule has 1 amide bonds. The summed E-state index contributed by atoms with van der Waals surface area (Å²) in [6.07, 6.45) is 3.76. The number of hydrogen-bond donors (Lipinski definition) is 0. The van der Waals surface area contributed by atoms with Crippen LogP contribution in [0.4, 0.5) is 5.82 Å². The highest BCUT2D eigenvalue weighted by atomic mass is 16.2. The van der Waals surface area contributed by atoms with Crippen molar-refractivity contribution in [3.63, 3.8) is 0 Å². The third kappa shape index (κ3) is 3.83. The molecule has 0 aliphatic carbocycles. The van der Waals surface area contributed by atoms with Crippen molar-refractivity contribution >= 4 is 11.7 Å². The van der Waals surface area contributed by atoms with Crippen LogP contribution in [0, 0.1) is 6.92 Å². The molecular formula is C25H23N3O. The Hall–Kier alpha value is -3.66. The molecule has 0 radical (unpaired) electrons. The number of rotatable bonds is 5. The molecule has 4 aromatic rings. The van der Waals surface area contributed by atoms with Crippen molar-refractivity contribution in [2.24, 2.45) is 0 Å². The smallest absolute Gasteiger partial charge is 0.277 e. The molecule has 0 saturated carbocycles. The van der Waals surface area contributed by atoms with E-state index in [-0.39, 0.29) is 5.91 Å². The first-order valence-electron chi connectivity index (χ1n) is 9.63. The van der Waals surface area contributed by atoms with Gasteiger partial charge in [-0.1, -0.05) is 66.7 Å². The van der Waals surface area contributed by atoms with Crippen molar-refractivity contribution in [1.29, 1.82) is 0 Å². The topological polar surface area (TPSA) is 38.1 Å². The van der Waals surface area contributed by atoms with Gasteiger partial charge in [0, 0.05) is 31.5 Å². The molecule has 0 fully saturated rings. The van der Waals surface area contributed by atoms with Gasteiger partial charge >= 0.3 is 0 Å². The SMILES string of the molecule is Cc1cn(Cc2ccccc2)c(N(C)C(=O)c2ccccn2)c1-c1ccccc1. The minimum absolute atomic E-state index is 0.129. The van der Waals surface area contributed by atoms with E-state index in [1.807, 2.05) is 55.6 Å². The minimum Gasteiger partial charge on any atom is -0.329 e. The maximum Gasteiger partial charge on any atom is 0.277 e. The van der Waals surface area contributed by atoms with Gasteiger partial charge in [-0.2, -0.15) is 0 Å². The molecule has 0 spiro atoms. The number of hydrogen-bond acceptors (Lipinski definition) is 2. The monoisotopic (exact) mass is 381 g/mol. The zero-order valence-corrected chi connectivity index (χ0v) is 16.6. The molecule has 0 unspecified atom stereocenters. The van der Waals surface area contributed by atoms with Gasteiger partial charge in [-0.25, -0.2) is 0 Å². The van der Waals surface area contributed by atoms with Gasteiger partial charge < -0.3 is 4.57 Å². The van der Waals surface area contributed by atoms with Crippen LogP contribution in [0.1, 0.15) is 21.6 Å².